The maximum absolute atomic E-state index is 10.1. The maximum Gasteiger partial charge on any atom is 1.00 e. The fourth-order valence-corrected chi connectivity index (χ4v) is 1.67. The summed E-state index contributed by atoms with van der Waals surface area (Å²) in [4.78, 5) is 3.64. The molecule has 7 heteroatoms. The molecule has 0 aliphatic rings. The Hall–Kier alpha value is 0.540. The van der Waals surface area contributed by atoms with Gasteiger partial charge in [-0.3, -0.25) is 0 Å². The van der Waals surface area contributed by atoms with Crippen LogP contribution >= 0.6 is 11.3 Å². The molecule has 0 aliphatic carbocycles. The molecule has 1 heterocycles. The molecule has 1 aromatic rings. The monoisotopic (exact) mass is 201 g/mol. The number of hydrogen-bond donors (Lipinski definition) is 0. The molecule has 0 atom stereocenters. The quantitative estimate of drug-likeness (QED) is 0.382. The van der Waals surface area contributed by atoms with Gasteiger partial charge in [0.25, 0.3) is 0 Å². The Bertz CT molecular complexity index is 293. The van der Waals surface area contributed by atoms with Gasteiger partial charge in [-0.05, 0) is 0 Å². The Morgan fingerprint density at radius 2 is 2.27 bits per heavy atom. The molecule has 0 aromatic carbocycles. The molecule has 56 valence electrons. The van der Waals surface area contributed by atoms with Gasteiger partial charge in [0.05, 0.1) is 17.0 Å². The van der Waals surface area contributed by atoms with Crippen LogP contribution in [0.2, 0.25) is 0 Å². The molecule has 0 saturated heterocycles. The molecular weight excluding hydrogens is 197 g/mol. The molecule has 4 nitrogen and oxygen atoms in total. The normalized spacial score (nSPS) is 10.6. The van der Waals surface area contributed by atoms with Gasteiger partial charge in [0.1, 0.15) is 10.1 Å². The van der Waals surface area contributed by atoms with Crippen molar-refractivity contribution in [3.8, 4) is 0 Å². The first-order chi connectivity index (χ1) is 4.58. The van der Waals surface area contributed by atoms with E-state index in [0.29, 0.717) is 5.69 Å². The van der Waals surface area contributed by atoms with E-state index in [4.69, 9.17) is 0 Å². The smallest absolute Gasteiger partial charge is 0.748 e. The molecule has 0 spiro atoms. The maximum atomic E-state index is 10.1. The van der Waals surface area contributed by atoms with Gasteiger partial charge in [-0.25, -0.2) is 13.4 Å². The van der Waals surface area contributed by atoms with Gasteiger partial charge in [-0.1, -0.05) is 0 Å². The Balaban J connectivity index is 0.000001000. The average molecular weight is 201 g/mol. The van der Waals surface area contributed by atoms with Crippen LogP contribution in [0.4, 0.5) is 0 Å². The number of rotatable bonds is 2. The van der Waals surface area contributed by atoms with Crippen LogP contribution in [0.1, 0.15) is 5.69 Å². The van der Waals surface area contributed by atoms with Crippen molar-refractivity contribution < 1.29 is 42.5 Å². The summed E-state index contributed by atoms with van der Waals surface area (Å²) in [7, 11) is -4.15. The van der Waals surface area contributed by atoms with Gasteiger partial charge in [0.2, 0.25) is 0 Å². The molecule has 0 saturated carbocycles. The molecule has 0 aliphatic heterocycles. The molecule has 1 rings (SSSR count). The second kappa shape index (κ2) is 4.54. The van der Waals surface area contributed by atoms with E-state index in [9.17, 15) is 13.0 Å². The Kier molecular flexibility index (Phi) is 4.76. The van der Waals surface area contributed by atoms with Crippen LogP contribution in [0, 0.1) is 0 Å². The minimum Gasteiger partial charge on any atom is -0.748 e. The van der Waals surface area contributed by atoms with Crippen LogP contribution in [0.25, 0.3) is 0 Å². The van der Waals surface area contributed by atoms with E-state index in [0.717, 1.165) is 0 Å². The second-order valence-corrected chi connectivity index (χ2v) is 3.80. The van der Waals surface area contributed by atoms with Gasteiger partial charge >= 0.3 is 29.6 Å². The van der Waals surface area contributed by atoms with Crippen LogP contribution in [0.5, 0.6) is 0 Å². The third-order valence-corrected chi connectivity index (χ3v) is 2.09. The van der Waals surface area contributed by atoms with Gasteiger partial charge in [0, 0.05) is 5.38 Å². The summed E-state index contributed by atoms with van der Waals surface area (Å²) in [5.41, 5.74) is 1.81. The standard InChI is InChI=1S/C4H5NO3S2.Na/c6-10(7,8)2-4-1-9-3-5-4;/h1,3H,2H2,(H,6,7,8);/q;+1/p-1. The summed E-state index contributed by atoms with van der Waals surface area (Å²) in [6, 6.07) is 0. The zero-order valence-electron chi connectivity index (χ0n) is 5.85. The van der Waals surface area contributed by atoms with E-state index in [-0.39, 0.29) is 29.6 Å². The Morgan fingerprint density at radius 3 is 2.64 bits per heavy atom. The molecule has 0 N–H and O–H groups in total. The van der Waals surface area contributed by atoms with Crippen LogP contribution in [0.3, 0.4) is 0 Å². The minimum absolute atomic E-state index is 0. The molecule has 0 amide bonds. The largest absolute Gasteiger partial charge is 1.00 e. The summed E-state index contributed by atoms with van der Waals surface area (Å²) in [5, 5.41) is 1.54. The number of nitrogens with zero attached hydrogens (tertiary/aromatic N) is 1. The van der Waals surface area contributed by atoms with E-state index in [1.165, 1.54) is 22.2 Å². The van der Waals surface area contributed by atoms with Crippen molar-refractivity contribution in [2.24, 2.45) is 0 Å². The van der Waals surface area contributed by atoms with Crippen LogP contribution in [0.15, 0.2) is 10.9 Å². The second-order valence-electron chi connectivity index (χ2n) is 1.68. The third kappa shape index (κ3) is 4.89. The Morgan fingerprint density at radius 1 is 1.64 bits per heavy atom. The van der Waals surface area contributed by atoms with Crippen molar-refractivity contribution >= 4 is 21.5 Å². The molecule has 0 fully saturated rings. The summed E-state index contributed by atoms with van der Waals surface area (Å²) >= 11 is 1.27. The van der Waals surface area contributed by atoms with E-state index in [1.807, 2.05) is 0 Å². The number of hydrogen-bond acceptors (Lipinski definition) is 5. The summed E-state index contributed by atoms with van der Waals surface area (Å²) in [6.45, 7) is 0. The van der Waals surface area contributed by atoms with Crippen molar-refractivity contribution in [3.63, 3.8) is 0 Å². The van der Waals surface area contributed by atoms with Crippen molar-refractivity contribution in [1.29, 1.82) is 0 Å². The Labute approximate surface area is 90.7 Å². The minimum atomic E-state index is -4.15. The fraction of sp³-hybridized carbons (Fsp3) is 0.250. The third-order valence-electron chi connectivity index (χ3n) is 0.808. The van der Waals surface area contributed by atoms with Crippen molar-refractivity contribution in [2.45, 2.75) is 5.75 Å². The van der Waals surface area contributed by atoms with Gasteiger partial charge in [-0.15, -0.1) is 11.3 Å². The molecule has 0 unspecified atom stereocenters. The van der Waals surface area contributed by atoms with Crippen LogP contribution in [-0.4, -0.2) is 18.0 Å². The van der Waals surface area contributed by atoms with Crippen LogP contribution in [-0.2, 0) is 15.9 Å². The SMILES string of the molecule is O=S(=O)([O-])Cc1cscn1.[Na+]. The van der Waals surface area contributed by atoms with Crippen molar-refractivity contribution in [2.75, 3.05) is 0 Å². The van der Waals surface area contributed by atoms with E-state index in [2.05, 4.69) is 4.98 Å². The molecule has 1 aromatic heterocycles. The molecular formula is C4H4NNaO3S2. The number of aromatic nitrogens is 1. The topological polar surface area (TPSA) is 70.1 Å². The van der Waals surface area contributed by atoms with Gasteiger partial charge in [-0.2, -0.15) is 0 Å². The molecule has 11 heavy (non-hydrogen) atoms. The van der Waals surface area contributed by atoms with Crippen molar-refractivity contribution in [1.82, 2.24) is 4.98 Å². The summed E-state index contributed by atoms with van der Waals surface area (Å²) < 4.78 is 30.3. The van der Waals surface area contributed by atoms with Gasteiger partial charge in [0.15, 0.2) is 0 Å². The average Bonchev–Trinajstić information content (AvgIpc) is 2.12. The van der Waals surface area contributed by atoms with E-state index in [1.54, 1.807) is 0 Å². The first-order valence-corrected chi connectivity index (χ1v) is 4.90. The predicted octanol–water partition coefficient (Wildman–Crippen LogP) is -2.81. The zero-order chi connectivity index (χ0) is 7.61. The van der Waals surface area contributed by atoms with Crippen molar-refractivity contribution in [3.05, 3.63) is 16.6 Å². The summed E-state index contributed by atoms with van der Waals surface area (Å²) in [6.07, 6.45) is 0. The molecule has 0 bridgehead atoms. The molecule has 0 radical (unpaired) electrons. The van der Waals surface area contributed by atoms with E-state index < -0.39 is 15.9 Å². The first kappa shape index (κ1) is 11.5. The van der Waals surface area contributed by atoms with Crippen LogP contribution < -0.4 is 29.6 Å². The summed E-state index contributed by atoms with van der Waals surface area (Å²) in [5.74, 6) is -0.503. The number of thiazole rings is 1. The van der Waals surface area contributed by atoms with Gasteiger partial charge < -0.3 is 4.55 Å². The predicted molar refractivity (Wildman–Crippen MR) is 35.5 cm³/mol. The zero-order valence-corrected chi connectivity index (χ0v) is 9.48. The fourth-order valence-electron chi connectivity index (χ4n) is 0.490. The van der Waals surface area contributed by atoms with E-state index >= 15 is 0 Å². The first-order valence-electron chi connectivity index (χ1n) is 2.38.